The summed E-state index contributed by atoms with van der Waals surface area (Å²) in [5.41, 5.74) is 4.58. The molecule has 0 bridgehead atoms. The quantitative estimate of drug-likeness (QED) is 0.590. The molecular weight excluding hydrogens is 448 g/mol. The Morgan fingerprint density at radius 2 is 2.06 bits per heavy atom. The highest BCUT2D eigenvalue weighted by atomic mass is 35.5. The van der Waals surface area contributed by atoms with E-state index in [2.05, 4.69) is 36.6 Å². The van der Waals surface area contributed by atoms with Gasteiger partial charge in [0, 0.05) is 56.7 Å². The molecule has 0 aliphatic carbocycles. The molecule has 2 N–H and O–H groups in total. The van der Waals surface area contributed by atoms with Crippen molar-refractivity contribution in [2.45, 2.75) is 6.54 Å². The summed E-state index contributed by atoms with van der Waals surface area (Å²) in [7, 11) is 1.65. The first-order valence-electron chi connectivity index (χ1n) is 9.98. The van der Waals surface area contributed by atoms with E-state index >= 15 is 0 Å². The number of urea groups is 1. The first-order chi connectivity index (χ1) is 15.6. The molecule has 0 unspecified atom stereocenters. The number of benzene rings is 1. The fourth-order valence-electron chi connectivity index (χ4n) is 3.53. The average Bonchev–Trinajstić information content (AvgIpc) is 3.28. The summed E-state index contributed by atoms with van der Waals surface area (Å²) in [6.07, 6.45) is 1.63. The lowest BCUT2D eigenvalue weighted by atomic mass is 10.1. The number of hydrogen-bond donors (Lipinski definition) is 2. The molecule has 0 spiro atoms. The maximum atomic E-state index is 11.8. The molecule has 32 heavy (non-hydrogen) atoms. The van der Waals surface area contributed by atoms with Crippen LogP contribution in [0, 0.1) is 11.3 Å². The molecule has 0 saturated carbocycles. The van der Waals surface area contributed by atoms with Gasteiger partial charge in [0.2, 0.25) is 5.95 Å². The summed E-state index contributed by atoms with van der Waals surface area (Å²) in [5.74, 6) is 0.395. The number of amides is 2. The smallest absolute Gasteiger partial charge is 0.317 e. The number of thiazole rings is 1. The van der Waals surface area contributed by atoms with E-state index in [1.807, 2.05) is 23.1 Å². The molecule has 9 nitrogen and oxygen atoms in total. The summed E-state index contributed by atoms with van der Waals surface area (Å²) >= 11 is 7.64. The molecule has 164 valence electrons. The van der Waals surface area contributed by atoms with Crippen LogP contribution in [-0.4, -0.2) is 64.0 Å². The van der Waals surface area contributed by atoms with Gasteiger partial charge in [-0.3, -0.25) is 4.90 Å². The summed E-state index contributed by atoms with van der Waals surface area (Å²) < 4.78 is 0. The van der Waals surface area contributed by atoms with Crippen molar-refractivity contribution in [3.8, 4) is 17.5 Å². The van der Waals surface area contributed by atoms with Crippen molar-refractivity contribution >= 4 is 40.6 Å². The van der Waals surface area contributed by atoms with Crippen LogP contribution in [0.15, 0.2) is 36.0 Å². The van der Waals surface area contributed by atoms with Crippen LogP contribution in [0.2, 0.25) is 5.02 Å². The Balaban J connectivity index is 1.45. The van der Waals surface area contributed by atoms with E-state index in [-0.39, 0.29) is 6.03 Å². The Labute approximate surface area is 194 Å². The zero-order valence-corrected chi connectivity index (χ0v) is 18.9. The molecule has 1 fully saturated rings. The van der Waals surface area contributed by atoms with Crippen LogP contribution >= 0.6 is 22.9 Å². The predicted octanol–water partition coefficient (Wildman–Crippen LogP) is 3.33. The van der Waals surface area contributed by atoms with Gasteiger partial charge in [0.1, 0.15) is 16.6 Å². The molecule has 4 rings (SSSR count). The zero-order chi connectivity index (χ0) is 22.5. The summed E-state index contributed by atoms with van der Waals surface area (Å²) in [5, 5.41) is 15.7. The fourth-order valence-corrected chi connectivity index (χ4v) is 4.37. The van der Waals surface area contributed by atoms with Gasteiger partial charge in [-0.05, 0) is 29.8 Å². The third-order valence-corrected chi connectivity index (χ3v) is 6.01. The molecule has 3 aromatic rings. The van der Waals surface area contributed by atoms with Gasteiger partial charge in [-0.15, -0.1) is 11.3 Å². The lowest BCUT2D eigenvalue weighted by molar-refractivity contribution is 0.136. The average molecular weight is 469 g/mol. The minimum absolute atomic E-state index is 0.0411. The second-order valence-electron chi connectivity index (χ2n) is 7.20. The largest absolute Gasteiger partial charge is 0.341 e. The zero-order valence-electron chi connectivity index (χ0n) is 17.4. The molecule has 1 aliphatic heterocycles. The van der Waals surface area contributed by atoms with Crippen molar-refractivity contribution in [3.63, 3.8) is 0 Å². The van der Waals surface area contributed by atoms with Gasteiger partial charge in [0.15, 0.2) is 0 Å². The lowest BCUT2D eigenvalue weighted by Crippen LogP contribution is -2.50. The monoisotopic (exact) mass is 468 g/mol. The van der Waals surface area contributed by atoms with Gasteiger partial charge in [0.25, 0.3) is 0 Å². The van der Waals surface area contributed by atoms with E-state index in [1.165, 1.54) is 11.3 Å². The summed E-state index contributed by atoms with van der Waals surface area (Å²) in [6, 6.07) is 9.58. The Morgan fingerprint density at radius 1 is 1.25 bits per heavy atom. The second kappa shape index (κ2) is 9.91. The van der Waals surface area contributed by atoms with Crippen LogP contribution in [0.3, 0.4) is 0 Å². The van der Waals surface area contributed by atoms with Gasteiger partial charge >= 0.3 is 6.03 Å². The normalized spacial score (nSPS) is 14.1. The fraction of sp³-hybridized carbons (Fsp3) is 0.286. The Kier molecular flexibility index (Phi) is 6.80. The molecule has 1 saturated heterocycles. The van der Waals surface area contributed by atoms with Gasteiger partial charge in [-0.2, -0.15) is 5.26 Å². The second-order valence-corrected chi connectivity index (χ2v) is 8.49. The van der Waals surface area contributed by atoms with Crippen LogP contribution < -0.4 is 10.6 Å². The number of rotatable bonds is 5. The van der Waals surface area contributed by atoms with Gasteiger partial charge in [-0.1, -0.05) is 11.6 Å². The molecule has 2 amide bonds. The number of anilines is 2. The van der Waals surface area contributed by atoms with Crippen molar-refractivity contribution in [1.82, 2.24) is 30.1 Å². The number of nitrogens with one attached hydrogen (secondary N) is 2. The molecule has 2 aromatic heterocycles. The molecule has 11 heteroatoms. The van der Waals surface area contributed by atoms with E-state index in [1.54, 1.807) is 24.8 Å². The number of nitriles is 1. The van der Waals surface area contributed by atoms with E-state index in [0.29, 0.717) is 40.3 Å². The third-order valence-electron chi connectivity index (χ3n) is 5.06. The highest BCUT2D eigenvalue weighted by molar-refractivity contribution is 7.10. The Morgan fingerprint density at radius 3 is 2.81 bits per heavy atom. The molecular formula is C21H21ClN8OS. The van der Waals surface area contributed by atoms with Gasteiger partial charge in [0.05, 0.1) is 11.2 Å². The van der Waals surface area contributed by atoms with Crippen molar-refractivity contribution in [3.05, 3.63) is 51.4 Å². The van der Waals surface area contributed by atoms with E-state index in [0.717, 1.165) is 30.9 Å². The third kappa shape index (κ3) is 5.13. The minimum Gasteiger partial charge on any atom is -0.341 e. The number of aromatic nitrogens is 3. The van der Waals surface area contributed by atoms with Crippen LogP contribution in [0.1, 0.15) is 10.4 Å². The number of halogens is 1. The van der Waals surface area contributed by atoms with E-state index < -0.39 is 0 Å². The SMILES string of the molecule is CNC(=O)N1CCN(Cc2cc(Cl)cc(Nc3nccc(-c4ncsc4C#N)n3)c2)CC1. The number of hydrogen-bond acceptors (Lipinski definition) is 8. The van der Waals surface area contributed by atoms with E-state index in [9.17, 15) is 10.1 Å². The topological polar surface area (TPSA) is 110 Å². The van der Waals surface area contributed by atoms with Crippen LogP contribution in [0.4, 0.5) is 16.4 Å². The number of nitrogens with zero attached hydrogens (tertiary/aromatic N) is 6. The maximum Gasteiger partial charge on any atom is 0.317 e. The number of piperazine rings is 1. The summed E-state index contributed by atoms with van der Waals surface area (Å²) in [4.78, 5) is 29.4. The molecule has 1 aromatic carbocycles. The number of carbonyl (C=O) groups is 1. The van der Waals surface area contributed by atoms with Crippen molar-refractivity contribution in [2.24, 2.45) is 0 Å². The Hall–Kier alpha value is -3.26. The predicted molar refractivity (Wildman–Crippen MR) is 124 cm³/mol. The van der Waals surface area contributed by atoms with Gasteiger partial charge in [-0.25, -0.2) is 19.7 Å². The van der Waals surface area contributed by atoms with E-state index in [4.69, 9.17) is 11.6 Å². The molecule has 3 heterocycles. The van der Waals surface area contributed by atoms with Crippen LogP contribution in [0.25, 0.3) is 11.4 Å². The van der Waals surface area contributed by atoms with Crippen LogP contribution in [-0.2, 0) is 6.54 Å². The summed E-state index contributed by atoms with van der Waals surface area (Å²) in [6.45, 7) is 3.69. The number of carbonyl (C=O) groups excluding carboxylic acids is 1. The minimum atomic E-state index is -0.0411. The van der Waals surface area contributed by atoms with Gasteiger partial charge < -0.3 is 15.5 Å². The standard InChI is InChI=1S/C21H21ClN8OS/c1-24-21(31)30-6-4-29(5-7-30)12-14-8-15(22)10-16(9-14)27-20-25-3-2-17(28-20)19-18(11-23)32-13-26-19/h2-3,8-10,13H,4-7,12H2,1H3,(H,24,31)(H,25,27,28). The first kappa shape index (κ1) is 22.0. The van der Waals surface area contributed by atoms with Crippen molar-refractivity contribution in [2.75, 3.05) is 38.5 Å². The molecule has 0 radical (unpaired) electrons. The molecule has 0 atom stereocenters. The lowest BCUT2D eigenvalue weighted by Gasteiger charge is -2.34. The Bertz CT molecular complexity index is 1150. The van der Waals surface area contributed by atoms with Crippen molar-refractivity contribution in [1.29, 1.82) is 5.26 Å². The van der Waals surface area contributed by atoms with Crippen molar-refractivity contribution < 1.29 is 4.79 Å². The first-order valence-corrected chi connectivity index (χ1v) is 11.2. The van der Waals surface area contributed by atoms with Crippen LogP contribution in [0.5, 0.6) is 0 Å². The molecule has 1 aliphatic rings. The highest BCUT2D eigenvalue weighted by Gasteiger charge is 2.20. The highest BCUT2D eigenvalue weighted by Crippen LogP contribution is 2.26. The maximum absolute atomic E-state index is 11.8.